The Morgan fingerprint density at radius 1 is 0.229 bits per heavy atom. The summed E-state index contributed by atoms with van der Waals surface area (Å²) in [5, 5.41) is 4.28. The van der Waals surface area contributed by atoms with Crippen LogP contribution in [-0.2, 0) is 0 Å². The third-order valence-corrected chi connectivity index (χ3v) is 13.5. The molecule has 4 heteroatoms. The van der Waals surface area contributed by atoms with Gasteiger partial charge in [-0.05, 0) is 118 Å². The Morgan fingerprint density at radius 2 is 0.600 bits per heavy atom. The van der Waals surface area contributed by atoms with Crippen LogP contribution in [0.5, 0.6) is 0 Å². The molecular formula is C66H44N2O2. The SMILES string of the molecule is c1ccc(-c2ccc(-c3ccc(N(c4cccc(-c5ccccc5N(c5ccc(-c6ccccc6)cc5)c5cccc6oc7ccccc7c56)c4)c4cccc5oc6ccccc6c45)cc3)cc2)cc1. The van der Waals surface area contributed by atoms with Crippen molar-refractivity contribution in [2.45, 2.75) is 0 Å². The largest absolute Gasteiger partial charge is 0.456 e. The molecule has 0 atom stereocenters. The van der Waals surface area contributed by atoms with E-state index >= 15 is 0 Å². The number of hydrogen-bond donors (Lipinski definition) is 0. The van der Waals surface area contributed by atoms with Crippen LogP contribution in [0.4, 0.5) is 34.1 Å². The molecule has 330 valence electrons. The standard InChI is InChI=1S/C66H44N2O2/c1-3-16-45(17-4-1)47-32-34-48(35-33-47)50-36-40-52(41-37-50)67(59-26-14-30-63-65(59)56-23-8-11-28-61(56)69-63)54-21-13-20-51(44-54)55-22-7-10-25-58(55)68(53-42-38-49(39-43-53)46-18-5-2-6-19-46)60-27-15-31-64-66(60)57-24-9-12-29-62(57)70-64/h1-44H. The van der Waals surface area contributed by atoms with Gasteiger partial charge in [-0.15, -0.1) is 0 Å². The normalized spacial score (nSPS) is 11.4. The van der Waals surface area contributed by atoms with E-state index in [9.17, 15) is 0 Å². The molecule has 0 unspecified atom stereocenters. The molecule has 0 amide bonds. The molecule has 0 aliphatic carbocycles. The van der Waals surface area contributed by atoms with Crippen molar-refractivity contribution in [1.82, 2.24) is 0 Å². The zero-order valence-corrected chi connectivity index (χ0v) is 38.1. The van der Waals surface area contributed by atoms with E-state index in [1.54, 1.807) is 0 Å². The zero-order valence-electron chi connectivity index (χ0n) is 38.1. The molecule has 0 saturated carbocycles. The van der Waals surface area contributed by atoms with Gasteiger partial charge in [-0.1, -0.05) is 188 Å². The number of anilines is 6. The van der Waals surface area contributed by atoms with Crippen molar-refractivity contribution in [3.8, 4) is 44.5 Å². The summed E-state index contributed by atoms with van der Waals surface area (Å²) < 4.78 is 13.0. The first-order chi connectivity index (χ1) is 34.7. The predicted octanol–water partition coefficient (Wildman–Crippen LogP) is 19.1. The van der Waals surface area contributed by atoms with Gasteiger partial charge < -0.3 is 18.6 Å². The van der Waals surface area contributed by atoms with Crippen LogP contribution >= 0.6 is 0 Å². The molecule has 0 aliphatic heterocycles. The molecule has 0 bridgehead atoms. The lowest BCUT2D eigenvalue weighted by atomic mass is 9.98. The third-order valence-electron chi connectivity index (χ3n) is 13.5. The molecule has 0 saturated heterocycles. The number of benzene rings is 11. The van der Waals surface area contributed by atoms with Gasteiger partial charge in [-0.3, -0.25) is 0 Å². The van der Waals surface area contributed by atoms with Crippen molar-refractivity contribution >= 4 is 78.0 Å². The Kier molecular flexibility index (Phi) is 10.1. The lowest BCUT2D eigenvalue weighted by Gasteiger charge is -2.29. The van der Waals surface area contributed by atoms with Gasteiger partial charge in [0.15, 0.2) is 0 Å². The molecule has 0 radical (unpaired) electrons. The van der Waals surface area contributed by atoms with Crippen molar-refractivity contribution in [2.24, 2.45) is 0 Å². The molecule has 70 heavy (non-hydrogen) atoms. The maximum absolute atomic E-state index is 6.50. The summed E-state index contributed by atoms with van der Waals surface area (Å²) in [6, 6.07) is 94.8. The van der Waals surface area contributed by atoms with Crippen LogP contribution < -0.4 is 9.80 Å². The summed E-state index contributed by atoms with van der Waals surface area (Å²) in [4.78, 5) is 4.76. The first-order valence-electron chi connectivity index (χ1n) is 23.7. The van der Waals surface area contributed by atoms with Crippen molar-refractivity contribution in [3.63, 3.8) is 0 Å². The van der Waals surface area contributed by atoms with Crippen LogP contribution in [0.3, 0.4) is 0 Å². The minimum absolute atomic E-state index is 0.843. The van der Waals surface area contributed by atoms with Crippen LogP contribution in [0.25, 0.3) is 88.4 Å². The van der Waals surface area contributed by atoms with E-state index in [4.69, 9.17) is 8.83 Å². The molecule has 13 aromatic rings. The monoisotopic (exact) mass is 896 g/mol. The van der Waals surface area contributed by atoms with Crippen LogP contribution in [0.2, 0.25) is 0 Å². The summed E-state index contributed by atoms with van der Waals surface area (Å²) in [7, 11) is 0. The molecule has 4 nitrogen and oxygen atoms in total. The summed E-state index contributed by atoms with van der Waals surface area (Å²) in [6.07, 6.45) is 0. The van der Waals surface area contributed by atoms with Crippen molar-refractivity contribution < 1.29 is 8.83 Å². The van der Waals surface area contributed by atoms with E-state index in [0.29, 0.717) is 0 Å². The van der Waals surface area contributed by atoms with Gasteiger partial charge in [-0.2, -0.15) is 0 Å². The van der Waals surface area contributed by atoms with Crippen LogP contribution in [0.15, 0.2) is 276 Å². The lowest BCUT2D eigenvalue weighted by Crippen LogP contribution is -2.12. The Hall–Kier alpha value is -9.38. The molecule has 2 aromatic heterocycles. The minimum Gasteiger partial charge on any atom is -0.456 e. The molecule has 11 aromatic carbocycles. The fourth-order valence-corrected chi connectivity index (χ4v) is 10.2. The molecule has 13 rings (SSSR count). The zero-order chi connectivity index (χ0) is 46.4. The van der Waals surface area contributed by atoms with Gasteiger partial charge in [-0.25, -0.2) is 0 Å². The maximum atomic E-state index is 6.50. The summed E-state index contributed by atoms with van der Waals surface area (Å²) in [6.45, 7) is 0. The highest BCUT2D eigenvalue weighted by Crippen LogP contribution is 2.48. The maximum Gasteiger partial charge on any atom is 0.137 e. The van der Waals surface area contributed by atoms with Gasteiger partial charge in [0.1, 0.15) is 22.3 Å². The second-order valence-corrected chi connectivity index (χ2v) is 17.6. The van der Waals surface area contributed by atoms with E-state index in [2.05, 4.69) is 252 Å². The average Bonchev–Trinajstić information content (AvgIpc) is 4.02. The predicted molar refractivity (Wildman–Crippen MR) is 292 cm³/mol. The Morgan fingerprint density at radius 3 is 1.14 bits per heavy atom. The molecule has 0 N–H and O–H groups in total. The lowest BCUT2D eigenvalue weighted by molar-refractivity contribution is 0.668. The molecule has 0 fully saturated rings. The number of nitrogens with zero attached hydrogens (tertiary/aromatic N) is 2. The topological polar surface area (TPSA) is 32.8 Å². The highest BCUT2D eigenvalue weighted by molar-refractivity contribution is 6.15. The van der Waals surface area contributed by atoms with E-state index < -0.39 is 0 Å². The number of fused-ring (bicyclic) bond motifs is 6. The molecular weight excluding hydrogens is 853 g/mol. The molecule has 0 spiro atoms. The van der Waals surface area contributed by atoms with Gasteiger partial charge in [0.25, 0.3) is 0 Å². The minimum atomic E-state index is 0.843. The number of hydrogen-bond acceptors (Lipinski definition) is 4. The Bertz CT molecular complexity index is 3990. The van der Waals surface area contributed by atoms with Crippen LogP contribution in [-0.4, -0.2) is 0 Å². The Balaban J connectivity index is 0.964. The quantitative estimate of drug-likeness (QED) is 0.137. The highest BCUT2D eigenvalue weighted by Gasteiger charge is 2.24. The van der Waals surface area contributed by atoms with Gasteiger partial charge >= 0.3 is 0 Å². The molecule has 0 aliphatic rings. The first-order valence-corrected chi connectivity index (χ1v) is 23.7. The molecule has 2 heterocycles. The van der Waals surface area contributed by atoms with Gasteiger partial charge in [0.05, 0.1) is 27.8 Å². The van der Waals surface area contributed by atoms with Crippen molar-refractivity contribution in [3.05, 3.63) is 267 Å². The number of rotatable bonds is 10. The summed E-state index contributed by atoms with van der Waals surface area (Å²) >= 11 is 0. The smallest absolute Gasteiger partial charge is 0.137 e. The van der Waals surface area contributed by atoms with E-state index in [1.165, 1.54) is 16.7 Å². The highest BCUT2D eigenvalue weighted by atomic mass is 16.3. The van der Waals surface area contributed by atoms with Crippen molar-refractivity contribution in [1.29, 1.82) is 0 Å². The Labute approximate surface area is 406 Å². The van der Waals surface area contributed by atoms with Crippen LogP contribution in [0.1, 0.15) is 0 Å². The average molecular weight is 897 g/mol. The second kappa shape index (κ2) is 17.4. The van der Waals surface area contributed by atoms with E-state index in [-0.39, 0.29) is 0 Å². The van der Waals surface area contributed by atoms with Crippen LogP contribution in [0, 0.1) is 0 Å². The summed E-state index contributed by atoms with van der Waals surface area (Å²) in [5.74, 6) is 0. The third kappa shape index (κ3) is 7.27. The van der Waals surface area contributed by atoms with E-state index in [1.807, 2.05) is 24.3 Å². The fraction of sp³-hybridized carbons (Fsp3) is 0. The fourth-order valence-electron chi connectivity index (χ4n) is 10.2. The number of para-hydroxylation sites is 3. The van der Waals surface area contributed by atoms with Gasteiger partial charge in [0, 0.05) is 33.4 Å². The van der Waals surface area contributed by atoms with Crippen molar-refractivity contribution in [2.75, 3.05) is 9.80 Å². The second-order valence-electron chi connectivity index (χ2n) is 17.6. The summed E-state index contributed by atoms with van der Waals surface area (Å²) in [5.41, 5.74) is 18.8. The number of furan rings is 2. The first kappa shape index (κ1) is 40.9. The van der Waals surface area contributed by atoms with E-state index in [0.717, 1.165) is 106 Å². The van der Waals surface area contributed by atoms with Gasteiger partial charge in [0.2, 0.25) is 0 Å².